The van der Waals surface area contributed by atoms with Crippen molar-refractivity contribution in [2.24, 2.45) is 17.8 Å². The monoisotopic (exact) mass is 632 g/mol. The fourth-order valence-corrected chi connectivity index (χ4v) is 13.6. The molecule has 0 aromatic heterocycles. The summed E-state index contributed by atoms with van der Waals surface area (Å²) in [5, 5.41) is 0. The minimum absolute atomic E-state index is 0.233. The molecule has 0 radical (unpaired) electrons. The van der Waals surface area contributed by atoms with E-state index in [2.05, 4.69) is 128 Å². The normalized spacial score (nSPS) is 33.9. The predicted octanol–water partition coefficient (Wildman–Crippen LogP) is 11.6. The molecule has 4 aromatic carbocycles. The van der Waals surface area contributed by atoms with Crippen molar-refractivity contribution in [1.82, 2.24) is 0 Å². The Balaban J connectivity index is 1.02. The van der Waals surface area contributed by atoms with Crippen LogP contribution in [0, 0.1) is 31.6 Å². The van der Waals surface area contributed by atoms with Crippen LogP contribution in [0.1, 0.15) is 106 Å². The number of nitrogens with zero attached hydrogens (tertiary/aromatic N) is 2. The van der Waals surface area contributed by atoms with Gasteiger partial charge >= 0.3 is 0 Å². The molecule has 2 unspecified atom stereocenters. The highest BCUT2D eigenvalue weighted by atomic mass is 15.2. The van der Waals surface area contributed by atoms with Gasteiger partial charge in [-0.3, -0.25) is 0 Å². The molecule has 5 fully saturated rings. The summed E-state index contributed by atoms with van der Waals surface area (Å²) in [5.41, 5.74) is 14.4. The molecule has 0 amide bonds. The van der Waals surface area contributed by atoms with E-state index >= 15 is 0 Å². The minimum Gasteiger partial charge on any atom is -0.337 e. The van der Waals surface area contributed by atoms with Gasteiger partial charge in [0.2, 0.25) is 0 Å². The topological polar surface area (TPSA) is 6.48 Å². The summed E-state index contributed by atoms with van der Waals surface area (Å²) < 4.78 is 0. The molecule has 11 rings (SSSR count). The summed E-state index contributed by atoms with van der Waals surface area (Å²) in [6, 6.07) is 36.8. The van der Waals surface area contributed by atoms with Gasteiger partial charge in [0.15, 0.2) is 0 Å². The van der Waals surface area contributed by atoms with Gasteiger partial charge in [-0.2, -0.15) is 0 Å². The molecule has 4 bridgehead atoms. The van der Waals surface area contributed by atoms with Gasteiger partial charge < -0.3 is 9.80 Å². The van der Waals surface area contributed by atoms with E-state index in [0.29, 0.717) is 22.9 Å². The van der Waals surface area contributed by atoms with Crippen molar-refractivity contribution in [2.75, 3.05) is 9.80 Å². The van der Waals surface area contributed by atoms with Crippen LogP contribution in [-0.2, 0) is 16.2 Å². The zero-order chi connectivity index (χ0) is 32.4. The highest BCUT2D eigenvalue weighted by molar-refractivity contribution is 5.78. The van der Waals surface area contributed by atoms with Gasteiger partial charge in [-0.25, -0.2) is 0 Å². The zero-order valence-electron chi connectivity index (χ0n) is 29.5. The lowest BCUT2D eigenvalue weighted by molar-refractivity contribution is -0.0826. The number of fused-ring (bicyclic) bond motifs is 3. The lowest BCUT2D eigenvalue weighted by atomic mass is 9.38. The van der Waals surface area contributed by atoms with Crippen LogP contribution in [0.25, 0.3) is 0 Å². The van der Waals surface area contributed by atoms with Crippen LogP contribution < -0.4 is 9.80 Å². The Hall–Kier alpha value is -3.52. The molecule has 2 spiro atoms. The van der Waals surface area contributed by atoms with E-state index < -0.39 is 0 Å². The van der Waals surface area contributed by atoms with E-state index in [1.807, 2.05) is 0 Å². The first-order chi connectivity index (χ1) is 23.4. The summed E-state index contributed by atoms with van der Waals surface area (Å²) in [6.45, 7) is 9.81. The molecule has 0 N–H and O–H groups in total. The van der Waals surface area contributed by atoms with Crippen molar-refractivity contribution in [3.8, 4) is 0 Å². The van der Waals surface area contributed by atoms with Crippen molar-refractivity contribution in [3.05, 3.63) is 119 Å². The Morgan fingerprint density at radius 2 is 1.15 bits per heavy atom. The van der Waals surface area contributed by atoms with Crippen LogP contribution in [0.2, 0.25) is 0 Å². The maximum atomic E-state index is 2.74. The maximum absolute atomic E-state index is 2.74. The number of aryl methyl sites for hydroxylation is 2. The second-order valence-corrected chi connectivity index (χ2v) is 17.2. The van der Waals surface area contributed by atoms with Crippen molar-refractivity contribution >= 4 is 22.7 Å². The summed E-state index contributed by atoms with van der Waals surface area (Å²) in [5.74, 6) is 2.31. The molecular weight excluding hydrogens is 581 g/mol. The van der Waals surface area contributed by atoms with Gasteiger partial charge in [0.05, 0.1) is 0 Å². The van der Waals surface area contributed by atoms with E-state index in [4.69, 9.17) is 0 Å². The van der Waals surface area contributed by atoms with E-state index in [0.717, 1.165) is 17.8 Å². The Kier molecular flexibility index (Phi) is 6.28. The first kappa shape index (κ1) is 29.4. The van der Waals surface area contributed by atoms with Crippen LogP contribution in [0.4, 0.5) is 22.7 Å². The lowest BCUT2D eigenvalue weighted by Crippen LogP contribution is -2.64. The van der Waals surface area contributed by atoms with Gasteiger partial charge in [0, 0.05) is 45.7 Å². The van der Waals surface area contributed by atoms with E-state index in [1.54, 1.807) is 16.7 Å². The zero-order valence-corrected chi connectivity index (χ0v) is 29.5. The molecule has 2 heterocycles. The number of hydrogen-bond donors (Lipinski definition) is 0. The number of benzene rings is 4. The van der Waals surface area contributed by atoms with Crippen molar-refractivity contribution < 1.29 is 0 Å². The molecule has 246 valence electrons. The summed E-state index contributed by atoms with van der Waals surface area (Å²) in [4.78, 5) is 5.48. The quantitative estimate of drug-likeness (QED) is 0.222. The first-order valence-electron chi connectivity index (χ1n) is 19.3. The third kappa shape index (κ3) is 3.65. The molecule has 2 heteroatoms. The van der Waals surface area contributed by atoms with Gasteiger partial charge in [0.25, 0.3) is 0 Å². The van der Waals surface area contributed by atoms with E-state index in [9.17, 15) is 0 Å². The van der Waals surface area contributed by atoms with Crippen LogP contribution in [0.3, 0.4) is 0 Å². The lowest BCUT2D eigenvalue weighted by Gasteiger charge is -2.66. The van der Waals surface area contributed by atoms with Gasteiger partial charge in [-0.1, -0.05) is 86.0 Å². The van der Waals surface area contributed by atoms with Crippen LogP contribution >= 0.6 is 0 Å². The standard InChI is InChI=1S/C46H52N2/c1-30-14-6-9-17-40(30)48-33(4)46(39-16-8-11-19-43(39)48)36-25-34-26-37(46)29-44(27-34,28-36)35-20-21-41(31(2)24-35)47-32(3)45(22-12-5-13-23-45)38-15-7-10-18-42(38)47/h6-11,14-21,24,32-34,36-37H,5,12-13,22-23,25-29H2,1-4H3/t32-,33-,34?,36?,37?,44?,46?/m0/s1. The molecule has 4 aromatic rings. The van der Waals surface area contributed by atoms with Crippen LogP contribution in [-0.4, -0.2) is 12.1 Å². The molecule has 7 aliphatic rings. The smallest absolute Gasteiger partial charge is 0.0452 e. The fourth-order valence-electron chi connectivity index (χ4n) is 13.6. The van der Waals surface area contributed by atoms with Crippen LogP contribution in [0.5, 0.6) is 0 Å². The number of rotatable bonds is 3. The Labute approximate surface area is 288 Å². The maximum Gasteiger partial charge on any atom is 0.0452 e. The minimum atomic E-state index is 0.233. The molecule has 0 saturated heterocycles. The van der Waals surface area contributed by atoms with Crippen molar-refractivity contribution in [3.63, 3.8) is 0 Å². The van der Waals surface area contributed by atoms with Gasteiger partial charge in [-0.05, 0) is 148 Å². The summed E-state index contributed by atoms with van der Waals surface area (Å²) in [7, 11) is 0. The second-order valence-electron chi connectivity index (χ2n) is 17.2. The number of anilines is 4. The fraction of sp³-hybridized carbons (Fsp3) is 0.478. The third-order valence-corrected chi connectivity index (χ3v) is 15.3. The highest BCUT2D eigenvalue weighted by Crippen LogP contribution is 2.72. The SMILES string of the molecule is Cc1cc(C23CC4CC(C2)C2(c5ccccc5N(c5ccccc5C)[C@H]2C)C(C4)C3)ccc1N1c2ccccc2C2(CCCCC2)[C@@H]1C. The van der Waals surface area contributed by atoms with Crippen molar-refractivity contribution in [2.45, 2.75) is 120 Å². The molecule has 2 nitrogen and oxygen atoms in total. The molecule has 4 atom stereocenters. The largest absolute Gasteiger partial charge is 0.337 e. The summed E-state index contributed by atoms with van der Waals surface area (Å²) in [6.07, 6.45) is 13.7. The highest BCUT2D eigenvalue weighted by Gasteiger charge is 2.68. The van der Waals surface area contributed by atoms with E-state index in [1.165, 1.54) is 98.1 Å². The number of para-hydroxylation sites is 3. The average molecular weight is 633 g/mol. The Bertz CT molecular complexity index is 1900. The molecule has 2 aliphatic heterocycles. The molecular formula is C46H52N2. The van der Waals surface area contributed by atoms with E-state index in [-0.39, 0.29) is 5.41 Å². The predicted molar refractivity (Wildman–Crippen MR) is 200 cm³/mol. The second kappa shape index (κ2) is 10.3. The third-order valence-electron chi connectivity index (χ3n) is 15.3. The first-order valence-corrected chi connectivity index (χ1v) is 19.3. The Morgan fingerprint density at radius 3 is 1.83 bits per heavy atom. The van der Waals surface area contributed by atoms with Gasteiger partial charge in [-0.15, -0.1) is 0 Å². The molecule has 48 heavy (non-hydrogen) atoms. The number of hydrogen-bond acceptors (Lipinski definition) is 2. The van der Waals surface area contributed by atoms with Gasteiger partial charge in [0.1, 0.15) is 0 Å². The molecule has 5 saturated carbocycles. The van der Waals surface area contributed by atoms with Crippen LogP contribution in [0.15, 0.2) is 91.0 Å². The molecule has 5 aliphatic carbocycles. The summed E-state index contributed by atoms with van der Waals surface area (Å²) >= 11 is 0. The van der Waals surface area contributed by atoms with Crippen molar-refractivity contribution in [1.29, 1.82) is 0 Å². The Morgan fingerprint density at radius 1 is 0.562 bits per heavy atom. The average Bonchev–Trinajstić information content (AvgIpc) is 3.49.